The first-order valence-electron chi connectivity index (χ1n) is 8.74. The lowest BCUT2D eigenvalue weighted by Crippen LogP contribution is -2.37. The van der Waals surface area contributed by atoms with Gasteiger partial charge in [-0.2, -0.15) is 0 Å². The fourth-order valence-electron chi connectivity index (χ4n) is 3.97. The summed E-state index contributed by atoms with van der Waals surface area (Å²) in [5.41, 5.74) is 1.90. The smallest absolute Gasteiger partial charge is 0.313 e. The van der Waals surface area contributed by atoms with E-state index in [4.69, 9.17) is 23.7 Å². The molecule has 2 aromatic rings. The highest BCUT2D eigenvalue weighted by Crippen LogP contribution is 2.51. The molecule has 3 aliphatic heterocycles. The van der Waals surface area contributed by atoms with Crippen LogP contribution in [0, 0.1) is 5.92 Å². The SMILES string of the molecule is CCOc1cccc(C2c3cc4c(cc3OC3COC(=O)C32)OCO4)c1. The van der Waals surface area contributed by atoms with Gasteiger partial charge in [-0.1, -0.05) is 12.1 Å². The van der Waals surface area contributed by atoms with Crippen molar-refractivity contribution in [2.24, 2.45) is 5.92 Å². The second-order valence-electron chi connectivity index (χ2n) is 6.54. The van der Waals surface area contributed by atoms with Gasteiger partial charge < -0.3 is 23.7 Å². The van der Waals surface area contributed by atoms with Crippen LogP contribution >= 0.6 is 0 Å². The summed E-state index contributed by atoms with van der Waals surface area (Å²) in [6, 6.07) is 11.6. The zero-order chi connectivity index (χ0) is 17.7. The van der Waals surface area contributed by atoms with Gasteiger partial charge in [0.2, 0.25) is 6.79 Å². The van der Waals surface area contributed by atoms with Crippen LogP contribution in [0.1, 0.15) is 24.0 Å². The number of carbonyl (C=O) groups excluding carboxylic acids is 1. The molecule has 0 aromatic heterocycles. The second kappa shape index (κ2) is 5.83. The number of carbonyl (C=O) groups is 1. The third-order valence-electron chi connectivity index (χ3n) is 5.07. The van der Waals surface area contributed by atoms with Crippen LogP contribution in [0.4, 0.5) is 0 Å². The van der Waals surface area contributed by atoms with E-state index in [1.54, 1.807) is 0 Å². The lowest BCUT2D eigenvalue weighted by molar-refractivity contribution is -0.141. The monoisotopic (exact) mass is 354 g/mol. The highest BCUT2D eigenvalue weighted by molar-refractivity contribution is 5.79. The molecule has 3 unspecified atom stereocenters. The molecule has 26 heavy (non-hydrogen) atoms. The number of esters is 1. The van der Waals surface area contributed by atoms with Crippen LogP contribution in [-0.4, -0.2) is 32.1 Å². The summed E-state index contributed by atoms with van der Waals surface area (Å²) >= 11 is 0. The normalized spacial score (nSPS) is 25.1. The van der Waals surface area contributed by atoms with Crippen molar-refractivity contribution in [2.45, 2.75) is 18.9 Å². The van der Waals surface area contributed by atoms with E-state index in [9.17, 15) is 4.79 Å². The first-order chi connectivity index (χ1) is 12.7. The number of rotatable bonds is 3. The van der Waals surface area contributed by atoms with Gasteiger partial charge in [-0.3, -0.25) is 4.79 Å². The van der Waals surface area contributed by atoms with Crippen LogP contribution in [0.25, 0.3) is 0 Å². The zero-order valence-electron chi connectivity index (χ0n) is 14.3. The first kappa shape index (κ1) is 15.4. The number of fused-ring (bicyclic) bond motifs is 3. The fourth-order valence-corrected chi connectivity index (χ4v) is 3.97. The molecule has 3 atom stereocenters. The second-order valence-corrected chi connectivity index (χ2v) is 6.54. The molecule has 6 nitrogen and oxygen atoms in total. The topological polar surface area (TPSA) is 63.2 Å². The molecule has 1 fully saturated rings. The van der Waals surface area contributed by atoms with Gasteiger partial charge in [0.05, 0.1) is 6.61 Å². The molecular formula is C20H18O6. The molecule has 3 heterocycles. The average Bonchev–Trinajstić information content (AvgIpc) is 3.25. The molecular weight excluding hydrogens is 336 g/mol. The van der Waals surface area contributed by atoms with E-state index in [0.29, 0.717) is 23.9 Å². The molecule has 134 valence electrons. The highest BCUT2D eigenvalue weighted by Gasteiger charge is 2.49. The maximum atomic E-state index is 12.5. The van der Waals surface area contributed by atoms with E-state index in [1.807, 2.05) is 43.3 Å². The van der Waals surface area contributed by atoms with Gasteiger partial charge in [0.1, 0.15) is 30.1 Å². The Hall–Kier alpha value is -2.89. The van der Waals surface area contributed by atoms with Crippen LogP contribution in [0.2, 0.25) is 0 Å². The van der Waals surface area contributed by atoms with E-state index in [-0.39, 0.29) is 37.3 Å². The van der Waals surface area contributed by atoms with Crippen molar-refractivity contribution >= 4 is 5.97 Å². The molecule has 0 bridgehead atoms. The quantitative estimate of drug-likeness (QED) is 0.790. The molecule has 0 N–H and O–H groups in total. The average molecular weight is 354 g/mol. The lowest BCUT2D eigenvalue weighted by Gasteiger charge is -2.33. The highest BCUT2D eigenvalue weighted by atomic mass is 16.7. The standard InChI is InChI=1S/C20H18O6/c1-2-22-12-5-3-4-11(6-12)18-13-7-15-16(25-10-24-15)8-14(13)26-17-9-23-20(21)19(17)18/h3-8,17-19H,2,9-10H2,1H3. The number of hydrogen-bond donors (Lipinski definition) is 0. The van der Waals surface area contributed by atoms with Gasteiger partial charge >= 0.3 is 5.97 Å². The number of cyclic esters (lactones) is 1. The summed E-state index contributed by atoms with van der Waals surface area (Å²) < 4.78 is 28.0. The Balaban J connectivity index is 1.66. The molecule has 5 rings (SSSR count). The largest absolute Gasteiger partial charge is 0.494 e. The summed E-state index contributed by atoms with van der Waals surface area (Å²) in [7, 11) is 0. The Labute approximate surface area is 150 Å². The van der Waals surface area contributed by atoms with Crippen LogP contribution < -0.4 is 18.9 Å². The number of hydrogen-bond acceptors (Lipinski definition) is 6. The summed E-state index contributed by atoms with van der Waals surface area (Å²) in [5, 5.41) is 0. The van der Waals surface area contributed by atoms with Gasteiger partial charge in [-0.05, 0) is 30.7 Å². The zero-order valence-corrected chi connectivity index (χ0v) is 14.3. The van der Waals surface area contributed by atoms with Crippen molar-refractivity contribution < 1.29 is 28.5 Å². The molecule has 0 radical (unpaired) electrons. The summed E-state index contributed by atoms with van der Waals surface area (Å²) in [6.07, 6.45) is -0.309. The number of benzene rings is 2. The van der Waals surface area contributed by atoms with Crippen LogP contribution in [0.5, 0.6) is 23.0 Å². The lowest BCUT2D eigenvalue weighted by atomic mass is 9.76. The minimum Gasteiger partial charge on any atom is -0.494 e. The van der Waals surface area contributed by atoms with E-state index in [1.165, 1.54) is 0 Å². The fraction of sp³-hybridized carbons (Fsp3) is 0.350. The number of ether oxygens (including phenoxy) is 5. The summed E-state index contributed by atoms with van der Waals surface area (Å²) in [5.74, 6) is 2.01. The van der Waals surface area contributed by atoms with Crippen LogP contribution in [0.3, 0.4) is 0 Å². The third-order valence-corrected chi connectivity index (χ3v) is 5.07. The Kier molecular flexibility index (Phi) is 3.45. The van der Waals surface area contributed by atoms with Gasteiger partial charge in [-0.15, -0.1) is 0 Å². The minimum atomic E-state index is -0.389. The van der Waals surface area contributed by atoms with Crippen LogP contribution in [-0.2, 0) is 9.53 Å². The summed E-state index contributed by atoms with van der Waals surface area (Å²) in [4.78, 5) is 12.5. The van der Waals surface area contributed by atoms with Crippen molar-refractivity contribution in [2.75, 3.05) is 20.0 Å². The molecule has 0 amide bonds. The van der Waals surface area contributed by atoms with Gasteiger partial charge in [0.25, 0.3) is 0 Å². The predicted octanol–water partition coefficient (Wildman–Crippen LogP) is 2.88. The summed E-state index contributed by atoms with van der Waals surface area (Å²) in [6.45, 7) is 2.98. The first-order valence-corrected chi connectivity index (χ1v) is 8.74. The molecule has 0 aliphatic carbocycles. The van der Waals surface area contributed by atoms with Gasteiger partial charge in [0.15, 0.2) is 11.5 Å². The van der Waals surface area contributed by atoms with Crippen LogP contribution in [0.15, 0.2) is 36.4 Å². The van der Waals surface area contributed by atoms with E-state index >= 15 is 0 Å². The Morgan fingerprint density at radius 2 is 1.92 bits per heavy atom. The van der Waals surface area contributed by atoms with E-state index in [2.05, 4.69) is 0 Å². The molecule has 0 spiro atoms. The maximum Gasteiger partial charge on any atom is 0.313 e. The van der Waals surface area contributed by atoms with Gasteiger partial charge in [0, 0.05) is 17.5 Å². The maximum absolute atomic E-state index is 12.5. The van der Waals surface area contributed by atoms with E-state index in [0.717, 1.165) is 16.9 Å². The molecule has 6 heteroatoms. The third kappa shape index (κ3) is 2.29. The molecule has 3 aliphatic rings. The van der Waals surface area contributed by atoms with E-state index < -0.39 is 0 Å². The Bertz CT molecular complexity index is 877. The van der Waals surface area contributed by atoms with Crippen molar-refractivity contribution in [3.63, 3.8) is 0 Å². The minimum absolute atomic E-state index is 0.186. The molecule has 1 saturated heterocycles. The predicted molar refractivity (Wildman–Crippen MR) is 90.9 cm³/mol. The van der Waals surface area contributed by atoms with Gasteiger partial charge in [-0.25, -0.2) is 0 Å². The Morgan fingerprint density at radius 1 is 1.08 bits per heavy atom. The van der Waals surface area contributed by atoms with Crippen molar-refractivity contribution in [3.8, 4) is 23.0 Å². The Morgan fingerprint density at radius 3 is 2.77 bits per heavy atom. The molecule has 0 saturated carbocycles. The van der Waals surface area contributed by atoms with Crippen molar-refractivity contribution in [1.82, 2.24) is 0 Å². The molecule has 2 aromatic carbocycles. The van der Waals surface area contributed by atoms with Crippen molar-refractivity contribution in [3.05, 3.63) is 47.5 Å². The van der Waals surface area contributed by atoms with Crippen molar-refractivity contribution in [1.29, 1.82) is 0 Å².